The van der Waals surface area contributed by atoms with Gasteiger partial charge in [0.2, 0.25) is 0 Å². The SMILES string of the molecule is CC(Nc1ncnc2sccc12)c1cccc(C2COC2)c1. The third-order valence-corrected chi connectivity index (χ3v) is 4.96. The molecule has 3 aromatic rings. The molecule has 1 saturated heterocycles. The van der Waals surface area contributed by atoms with Crippen molar-refractivity contribution in [3.05, 3.63) is 53.2 Å². The molecule has 1 N–H and O–H groups in total. The highest BCUT2D eigenvalue weighted by atomic mass is 32.1. The number of aromatic nitrogens is 2. The Labute approximate surface area is 133 Å². The summed E-state index contributed by atoms with van der Waals surface area (Å²) in [4.78, 5) is 9.70. The van der Waals surface area contributed by atoms with E-state index in [1.165, 1.54) is 11.1 Å². The Morgan fingerprint density at radius 3 is 3.00 bits per heavy atom. The Kier molecular flexibility index (Phi) is 3.52. The van der Waals surface area contributed by atoms with Gasteiger partial charge in [-0.1, -0.05) is 24.3 Å². The maximum atomic E-state index is 5.29. The summed E-state index contributed by atoms with van der Waals surface area (Å²) >= 11 is 1.64. The van der Waals surface area contributed by atoms with Crippen LogP contribution in [0.2, 0.25) is 0 Å². The summed E-state index contributed by atoms with van der Waals surface area (Å²) < 4.78 is 5.29. The van der Waals surface area contributed by atoms with E-state index in [0.29, 0.717) is 5.92 Å². The summed E-state index contributed by atoms with van der Waals surface area (Å²) in [6, 6.07) is 11.0. The Bertz CT molecular complexity index is 797. The zero-order valence-corrected chi connectivity index (χ0v) is 13.1. The normalized spacial score (nSPS) is 16.4. The second kappa shape index (κ2) is 5.66. The molecule has 22 heavy (non-hydrogen) atoms. The molecule has 1 aromatic carbocycles. The minimum atomic E-state index is 0.193. The number of ether oxygens (including phenoxy) is 1. The standard InChI is InChI=1S/C17H17N3OS/c1-11(12-3-2-4-13(7-12)14-8-21-9-14)20-16-15-5-6-22-17(15)19-10-18-16/h2-7,10-11,14H,8-9H2,1H3,(H,18,19,20). The van der Waals surface area contributed by atoms with Crippen molar-refractivity contribution >= 4 is 27.4 Å². The van der Waals surface area contributed by atoms with Gasteiger partial charge < -0.3 is 10.1 Å². The lowest BCUT2D eigenvalue weighted by molar-refractivity contribution is 0.00839. The summed E-state index contributed by atoms with van der Waals surface area (Å²) in [5.41, 5.74) is 2.63. The molecule has 5 heteroatoms. The Morgan fingerprint density at radius 2 is 2.18 bits per heavy atom. The summed E-state index contributed by atoms with van der Waals surface area (Å²) in [6.45, 7) is 3.84. The van der Waals surface area contributed by atoms with Crippen LogP contribution in [0, 0.1) is 0 Å². The van der Waals surface area contributed by atoms with E-state index in [2.05, 4.69) is 52.5 Å². The van der Waals surface area contributed by atoms with Crippen molar-refractivity contribution in [1.82, 2.24) is 9.97 Å². The predicted molar refractivity (Wildman–Crippen MR) is 89.5 cm³/mol. The van der Waals surface area contributed by atoms with Crippen molar-refractivity contribution in [3.8, 4) is 0 Å². The number of hydrogen-bond acceptors (Lipinski definition) is 5. The van der Waals surface area contributed by atoms with Gasteiger partial charge in [-0.25, -0.2) is 9.97 Å². The molecule has 1 atom stereocenters. The van der Waals surface area contributed by atoms with Crippen molar-refractivity contribution in [2.45, 2.75) is 18.9 Å². The second-order valence-corrected chi connectivity index (χ2v) is 6.53. The van der Waals surface area contributed by atoms with Gasteiger partial charge in [0, 0.05) is 12.0 Å². The first-order valence-corrected chi connectivity index (χ1v) is 8.31. The molecule has 0 spiro atoms. The molecular weight excluding hydrogens is 294 g/mol. The van der Waals surface area contributed by atoms with Crippen molar-refractivity contribution in [2.24, 2.45) is 0 Å². The lowest BCUT2D eigenvalue weighted by Crippen LogP contribution is -2.25. The van der Waals surface area contributed by atoms with Gasteiger partial charge in [0.25, 0.3) is 0 Å². The third-order valence-electron chi connectivity index (χ3n) is 4.14. The van der Waals surface area contributed by atoms with Crippen LogP contribution in [0.25, 0.3) is 10.2 Å². The van der Waals surface area contributed by atoms with Crippen molar-refractivity contribution < 1.29 is 4.74 Å². The Hall–Kier alpha value is -1.98. The highest BCUT2D eigenvalue weighted by Crippen LogP contribution is 2.29. The first-order valence-electron chi connectivity index (χ1n) is 7.43. The van der Waals surface area contributed by atoms with Crippen LogP contribution in [-0.4, -0.2) is 23.2 Å². The van der Waals surface area contributed by atoms with Gasteiger partial charge in [0.15, 0.2) is 0 Å². The molecule has 4 nitrogen and oxygen atoms in total. The number of fused-ring (bicyclic) bond motifs is 1. The lowest BCUT2D eigenvalue weighted by Gasteiger charge is -2.27. The molecule has 1 unspecified atom stereocenters. The number of anilines is 1. The number of hydrogen-bond donors (Lipinski definition) is 1. The molecule has 4 rings (SSSR count). The first-order chi connectivity index (χ1) is 10.8. The molecule has 1 aliphatic heterocycles. The van der Waals surface area contributed by atoms with Crippen LogP contribution in [0.5, 0.6) is 0 Å². The topological polar surface area (TPSA) is 47.0 Å². The van der Waals surface area contributed by atoms with Gasteiger partial charge >= 0.3 is 0 Å². The predicted octanol–water partition coefficient (Wildman–Crippen LogP) is 3.98. The molecular formula is C17H17N3OS. The van der Waals surface area contributed by atoms with Crippen LogP contribution >= 0.6 is 11.3 Å². The highest BCUT2D eigenvalue weighted by molar-refractivity contribution is 7.16. The number of nitrogens with zero attached hydrogens (tertiary/aromatic N) is 2. The average Bonchev–Trinajstić information content (AvgIpc) is 2.95. The van der Waals surface area contributed by atoms with Gasteiger partial charge in [-0.05, 0) is 29.5 Å². The van der Waals surface area contributed by atoms with Gasteiger partial charge in [0.1, 0.15) is 17.0 Å². The van der Waals surface area contributed by atoms with Crippen LogP contribution < -0.4 is 5.32 Å². The van der Waals surface area contributed by atoms with Gasteiger partial charge in [0.05, 0.1) is 18.6 Å². The van der Waals surface area contributed by atoms with E-state index in [1.807, 2.05) is 5.38 Å². The molecule has 0 amide bonds. The fourth-order valence-corrected chi connectivity index (χ4v) is 3.44. The molecule has 1 aliphatic rings. The lowest BCUT2D eigenvalue weighted by atomic mass is 9.94. The van der Waals surface area contributed by atoms with Crippen LogP contribution in [0.15, 0.2) is 42.0 Å². The van der Waals surface area contributed by atoms with Gasteiger partial charge in [-0.2, -0.15) is 0 Å². The Balaban J connectivity index is 1.59. The van der Waals surface area contributed by atoms with Crippen molar-refractivity contribution in [1.29, 1.82) is 0 Å². The van der Waals surface area contributed by atoms with Crippen LogP contribution in [0.4, 0.5) is 5.82 Å². The molecule has 2 aromatic heterocycles. The zero-order valence-electron chi connectivity index (χ0n) is 12.3. The second-order valence-electron chi connectivity index (χ2n) is 5.63. The van der Waals surface area contributed by atoms with Gasteiger partial charge in [-0.3, -0.25) is 0 Å². The average molecular weight is 311 g/mol. The largest absolute Gasteiger partial charge is 0.380 e. The zero-order chi connectivity index (χ0) is 14.9. The van der Waals surface area contributed by atoms with Crippen molar-refractivity contribution in [2.75, 3.05) is 18.5 Å². The molecule has 112 valence electrons. The maximum Gasteiger partial charge on any atom is 0.138 e. The third kappa shape index (κ3) is 2.46. The summed E-state index contributed by atoms with van der Waals surface area (Å²) in [5.74, 6) is 1.45. The molecule has 0 saturated carbocycles. The number of rotatable bonds is 4. The fourth-order valence-electron chi connectivity index (χ4n) is 2.70. The molecule has 1 fully saturated rings. The molecule has 0 bridgehead atoms. The summed E-state index contributed by atoms with van der Waals surface area (Å²) in [6.07, 6.45) is 1.62. The number of nitrogens with one attached hydrogen (secondary N) is 1. The van der Waals surface area contributed by atoms with Crippen LogP contribution in [0.3, 0.4) is 0 Å². The minimum Gasteiger partial charge on any atom is -0.380 e. The fraction of sp³-hybridized carbons (Fsp3) is 0.294. The maximum absolute atomic E-state index is 5.29. The van der Waals surface area contributed by atoms with E-state index in [1.54, 1.807) is 17.7 Å². The van der Waals surface area contributed by atoms with E-state index >= 15 is 0 Å². The molecule has 0 aliphatic carbocycles. The van der Waals surface area contributed by atoms with Crippen LogP contribution in [0.1, 0.15) is 30.0 Å². The van der Waals surface area contributed by atoms with E-state index in [0.717, 1.165) is 29.2 Å². The minimum absolute atomic E-state index is 0.193. The van der Waals surface area contributed by atoms with E-state index < -0.39 is 0 Å². The quantitative estimate of drug-likeness (QED) is 0.792. The first kappa shape index (κ1) is 13.7. The summed E-state index contributed by atoms with van der Waals surface area (Å²) in [5, 5.41) is 6.65. The highest BCUT2D eigenvalue weighted by Gasteiger charge is 2.21. The number of benzene rings is 1. The summed E-state index contributed by atoms with van der Waals surface area (Å²) in [7, 11) is 0. The monoisotopic (exact) mass is 311 g/mol. The smallest absolute Gasteiger partial charge is 0.138 e. The van der Waals surface area contributed by atoms with E-state index in [-0.39, 0.29) is 6.04 Å². The number of thiophene rings is 1. The van der Waals surface area contributed by atoms with Crippen molar-refractivity contribution in [3.63, 3.8) is 0 Å². The molecule has 3 heterocycles. The van der Waals surface area contributed by atoms with E-state index in [4.69, 9.17) is 4.74 Å². The van der Waals surface area contributed by atoms with E-state index in [9.17, 15) is 0 Å². The van der Waals surface area contributed by atoms with Crippen LogP contribution in [-0.2, 0) is 4.74 Å². The molecule has 0 radical (unpaired) electrons. The Morgan fingerprint density at radius 1 is 1.27 bits per heavy atom. The van der Waals surface area contributed by atoms with Gasteiger partial charge in [-0.15, -0.1) is 11.3 Å².